The van der Waals surface area contributed by atoms with Gasteiger partial charge in [-0.3, -0.25) is 14.9 Å². The molecular formula is C21H15ClN4O3S. The second kappa shape index (κ2) is 7.55. The van der Waals surface area contributed by atoms with Crippen LogP contribution in [-0.4, -0.2) is 28.6 Å². The van der Waals surface area contributed by atoms with E-state index in [-0.39, 0.29) is 24.3 Å². The van der Waals surface area contributed by atoms with Crippen molar-refractivity contribution >= 4 is 56.5 Å². The molecule has 150 valence electrons. The Balaban J connectivity index is 1.32. The van der Waals surface area contributed by atoms with E-state index in [1.54, 1.807) is 4.90 Å². The van der Waals surface area contributed by atoms with Gasteiger partial charge < -0.3 is 9.32 Å². The van der Waals surface area contributed by atoms with Crippen molar-refractivity contribution in [1.29, 1.82) is 0 Å². The van der Waals surface area contributed by atoms with E-state index in [2.05, 4.69) is 15.5 Å². The molecule has 0 radical (unpaired) electrons. The van der Waals surface area contributed by atoms with Crippen molar-refractivity contribution in [2.45, 2.75) is 12.3 Å². The van der Waals surface area contributed by atoms with E-state index in [9.17, 15) is 9.59 Å². The van der Waals surface area contributed by atoms with Crippen molar-refractivity contribution in [2.75, 3.05) is 16.8 Å². The number of benzene rings is 2. The second-order valence-corrected chi connectivity index (χ2v) is 8.31. The number of thiophene rings is 1. The topological polar surface area (TPSA) is 88.3 Å². The van der Waals surface area contributed by atoms with Crippen LogP contribution >= 0.6 is 22.9 Å². The number of amides is 2. The van der Waals surface area contributed by atoms with Crippen LogP contribution in [0.2, 0.25) is 5.02 Å². The average molecular weight is 439 g/mol. The molecule has 9 heteroatoms. The first-order chi connectivity index (χ1) is 14.6. The third-order valence-corrected chi connectivity index (χ3v) is 6.62. The summed E-state index contributed by atoms with van der Waals surface area (Å²) in [7, 11) is 0. The number of para-hydroxylation sites is 1. The van der Waals surface area contributed by atoms with Crippen molar-refractivity contribution in [3.63, 3.8) is 0 Å². The molecule has 0 saturated carbocycles. The third kappa shape index (κ3) is 3.34. The van der Waals surface area contributed by atoms with Gasteiger partial charge in [0.05, 0.1) is 10.9 Å². The lowest BCUT2D eigenvalue weighted by Gasteiger charge is -2.15. The van der Waals surface area contributed by atoms with Gasteiger partial charge in [-0.25, -0.2) is 0 Å². The lowest BCUT2D eigenvalue weighted by molar-refractivity contribution is -0.117. The molecule has 0 bridgehead atoms. The van der Waals surface area contributed by atoms with Gasteiger partial charge in [-0.15, -0.1) is 16.4 Å². The second-order valence-electron chi connectivity index (χ2n) is 6.88. The van der Waals surface area contributed by atoms with E-state index in [0.29, 0.717) is 22.3 Å². The van der Waals surface area contributed by atoms with Gasteiger partial charge >= 0.3 is 6.01 Å². The molecule has 1 aliphatic heterocycles. The number of carbonyl (C=O) groups is 2. The lowest BCUT2D eigenvalue weighted by atomic mass is 10.1. The molecule has 4 aromatic rings. The number of carbonyl (C=O) groups excluding carboxylic acids is 2. The number of nitrogens with zero attached hydrogens (tertiary/aromatic N) is 3. The molecule has 7 nitrogen and oxygen atoms in total. The van der Waals surface area contributed by atoms with E-state index in [1.165, 1.54) is 11.3 Å². The van der Waals surface area contributed by atoms with Crippen molar-refractivity contribution in [3.05, 3.63) is 70.4 Å². The molecule has 30 heavy (non-hydrogen) atoms. The highest BCUT2D eigenvalue weighted by Crippen LogP contribution is 2.36. The SMILES string of the molecule is O=C(Nc1nnc([C@@H]2CC(=O)N(c3ccccc3)C2)o1)c1sc2ccccc2c1Cl. The molecule has 3 heterocycles. The zero-order valence-corrected chi connectivity index (χ0v) is 17.1. The van der Waals surface area contributed by atoms with Crippen LogP contribution in [0, 0.1) is 0 Å². The van der Waals surface area contributed by atoms with Crippen LogP contribution < -0.4 is 10.2 Å². The average Bonchev–Trinajstić information content (AvgIpc) is 3.46. The quantitative estimate of drug-likeness (QED) is 0.498. The Morgan fingerprint density at radius 2 is 1.90 bits per heavy atom. The number of hydrogen-bond donors (Lipinski definition) is 1. The van der Waals surface area contributed by atoms with E-state index >= 15 is 0 Å². The van der Waals surface area contributed by atoms with Crippen LogP contribution in [-0.2, 0) is 4.79 Å². The van der Waals surface area contributed by atoms with Gasteiger partial charge in [0.15, 0.2) is 0 Å². The normalized spacial score (nSPS) is 16.4. The number of anilines is 2. The van der Waals surface area contributed by atoms with Crippen LogP contribution in [0.25, 0.3) is 10.1 Å². The summed E-state index contributed by atoms with van der Waals surface area (Å²) < 4.78 is 6.56. The van der Waals surface area contributed by atoms with Crippen molar-refractivity contribution in [3.8, 4) is 0 Å². The largest absolute Gasteiger partial charge is 0.407 e. The maximum absolute atomic E-state index is 12.6. The minimum Gasteiger partial charge on any atom is -0.407 e. The summed E-state index contributed by atoms with van der Waals surface area (Å²) in [6, 6.07) is 16.9. The highest BCUT2D eigenvalue weighted by molar-refractivity contribution is 7.21. The minimum absolute atomic E-state index is 0.00737. The monoisotopic (exact) mass is 438 g/mol. The van der Waals surface area contributed by atoms with Crippen LogP contribution in [0.4, 0.5) is 11.7 Å². The Kier molecular flexibility index (Phi) is 4.72. The minimum atomic E-state index is -0.412. The molecule has 0 unspecified atom stereocenters. The first kappa shape index (κ1) is 18.8. The predicted molar refractivity (Wildman–Crippen MR) is 115 cm³/mol. The van der Waals surface area contributed by atoms with Crippen LogP contribution in [0.1, 0.15) is 27.9 Å². The summed E-state index contributed by atoms with van der Waals surface area (Å²) in [5.74, 6) is -0.333. The summed E-state index contributed by atoms with van der Waals surface area (Å²) in [5.41, 5.74) is 0.831. The highest BCUT2D eigenvalue weighted by atomic mass is 35.5. The molecule has 1 saturated heterocycles. The number of nitrogens with one attached hydrogen (secondary N) is 1. The molecule has 1 N–H and O–H groups in total. The van der Waals surface area contributed by atoms with Gasteiger partial charge in [-0.2, -0.15) is 0 Å². The number of hydrogen-bond acceptors (Lipinski definition) is 6. The standard InChI is InChI=1S/C21H15ClN4O3S/c22-17-14-8-4-5-9-15(14)30-18(17)19(28)23-21-25-24-20(29-21)12-10-16(27)26(11-12)13-6-2-1-3-7-13/h1-9,12H,10-11H2,(H,23,25,28)/t12-/m1/s1. The zero-order valence-electron chi connectivity index (χ0n) is 15.5. The Bertz CT molecular complexity index is 1250. The molecule has 0 aliphatic carbocycles. The van der Waals surface area contributed by atoms with E-state index < -0.39 is 5.91 Å². The van der Waals surface area contributed by atoms with Gasteiger partial charge in [0, 0.05) is 28.7 Å². The Labute approximate surface area is 180 Å². The third-order valence-electron chi connectivity index (χ3n) is 4.94. The molecule has 2 aromatic heterocycles. The molecule has 1 atom stereocenters. The van der Waals surface area contributed by atoms with Crippen molar-refractivity contribution in [2.24, 2.45) is 0 Å². The van der Waals surface area contributed by atoms with Gasteiger partial charge in [-0.1, -0.05) is 53.1 Å². The molecule has 1 fully saturated rings. The lowest BCUT2D eigenvalue weighted by Crippen LogP contribution is -2.24. The van der Waals surface area contributed by atoms with E-state index in [4.69, 9.17) is 16.0 Å². The van der Waals surface area contributed by atoms with Gasteiger partial charge in [0.2, 0.25) is 11.8 Å². The van der Waals surface area contributed by atoms with Gasteiger partial charge in [0.25, 0.3) is 5.91 Å². The summed E-state index contributed by atoms with van der Waals surface area (Å²) in [6.45, 7) is 0.445. The molecule has 1 aliphatic rings. The highest BCUT2D eigenvalue weighted by Gasteiger charge is 2.35. The number of aromatic nitrogens is 2. The maximum atomic E-state index is 12.6. The number of rotatable bonds is 4. The molecule has 2 amide bonds. The van der Waals surface area contributed by atoms with Crippen LogP contribution in [0.15, 0.2) is 59.0 Å². The zero-order chi connectivity index (χ0) is 20.7. The fraction of sp³-hybridized carbons (Fsp3) is 0.143. The molecule has 5 rings (SSSR count). The molecular weight excluding hydrogens is 424 g/mol. The first-order valence-corrected chi connectivity index (χ1v) is 10.5. The molecule has 2 aromatic carbocycles. The Morgan fingerprint density at radius 1 is 1.13 bits per heavy atom. The maximum Gasteiger partial charge on any atom is 0.322 e. The van der Waals surface area contributed by atoms with Crippen molar-refractivity contribution in [1.82, 2.24) is 10.2 Å². The van der Waals surface area contributed by atoms with E-state index in [0.717, 1.165) is 15.8 Å². The number of fused-ring (bicyclic) bond motifs is 1. The van der Waals surface area contributed by atoms with Crippen molar-refractivity contribution < 1.29 is 14.0 Å². The van der Waals surface area contributed by atoms with E-state index in [1.807, 2.05) is 54.6 Å². The summed E-state index contributed by atoms with van der Waals surface area (Å²) >= 11 is 7.65. The van der Waals surface area contributed by atoms with Crippen LogP contribution in [0.5, 0.6) is 0 Å². The Hall–Kier alpha value is -3.23. The summed E-state index contributed by atoms with van der Waals surface area (Å²) in [5, 5.41) is 11.8. The smallest absolute Gasteiger partial charge is 0.322 e. The van der Waals surface area contributed by atoms with Gasteiger partial charge in [-0.05, 0) is 18.2 Å². The number of halogens is 1. The predicted octanol–water partition coefficient (Wildman–Crippen LogP) is 4.71. The Morgan fingerprint density at radius 3 is 2.70 bits per heavy atom. The fourth-order valence-electron chi connectivity index (χ4n) is 3.49. The summed E-state index contributed by atoms with van der Waals surface area (Å²) in [4.78, 5) is 27.1. The van der Waals surface area contributed by atoms with Gasteiger partial charge in [0.1, 0.15) is 4.88 Å². The fourth-order valence-corrected chi connectivity index (χ4v) is 4.91. The molecule has 0 spiro atoms. The first-order valence-electron chi connectivity index (χ1n) is 9.27. The van der Waals surface area contributed by atoms with Crippen LogP contribution in [0.3, 0.4) is 0 Å². The summed E-state index contributed by atoms with van der Waals surface area (Å²) in [6.07, 6.45) is 0.270.